The highest BCUT2D eigenvalue weighted by Gasteiger charge is 2.18. The highest BCUT2D eigenvalue weighted by atomic mass is 16.3. The molecule has 0 aliphatic rings. The van der Waals surface area contributed by atoms with Crippen molar-refractivity contribution < 1.29 is 14.7 Å². The molecule has 0 heterocycles. The molecule has 0 radical (unpaired) electrons. The van der Waals surface area contributed by atoms with Crippen LogP contribution in [0.15, 0.2) is 42.5 Å². The zero-order valence-electron chi connectivity index (χ0n) is 15.5. The van der Waals surface area contributed by atoms with Crippen LogP contribution in [-0.4, -0.2) is 36.0 Å². The third-order valence-electron chi connectivity index (χ3n) is 3.99. The van der Waals surface area contributed by atoms with Crippen molar-refractivity contribution in [2.75, 3.05) is 18.9 Å². The third-order valence-corrected chi connectivity index (χ3v) is 3.99. The molecule has 6 heteroatoms. The minimum absolute atomic E-state index is 0.0833. The van der Waals surface area contributed by atoms with Crippen LogP contribution in [0.3, 0.4) is 0 Å². The van der Waals surface area contributed by atoms with E-state index >= 15 is 0 Å². The normalized spacial score (nSPS) is 10.7. The van der Waals surface area contributed by atoms with Gasteiger partial charge in [0.15, 0.2) is 5.78 Å². The Morgan fingerprint density at radius 1 is 1.07 bits per heavy atom. The molecule has 0 bridgehead atoms. The van der Waals surface area contributed by atoms with Crippen molar-refractivity contribution >= 4 is 17.4 Å². The van der Waals surface area contributed by atoms with E-state index in [9.17, 15) is 9.59 Å². The van der Waals surface area contributed by atoms with E-state index in [1.807, 2.05) is 19.1 Å². The van der Waals surface area contributed by atoms with Gasteiger partial charge in [-0.3, -0.25) is 9.59 Å². The molecule has 0 saturated heterocycles. The highest BCUT2D eigenvalue weighted by molar-refractivity contribution is 5.98. The molecule has 0 spiro atoms. The van der Waals surface area contributed by atoms with E-state index < -0.39 is 24.3 Å². The molecule has 6 nitrogen and oxygen atoms in total. The Morgan fingerprint density at radius 2 is 1.68 bits per heavy atom. The quantitative estimate of drug-likeness (QED) is 0.451. The topological polar surface area (TPSA) is 118 Å². The number of carbonyl (C=O) groups is 2. The zero-order valence-corrected chi connectivity index (χ0v) is 15.5. The smallest absolute Gasteiger partial charge is 0.251 e. The number of aliphatic hydroxyl groups excluding tert-OH is 1. The van der Waals surface area contributed by atoms with Crippen molar-refractivity contribution in [1.82, 2.24) is 5.32 Å². The number of nitrogen functional groups attached to an aromatic ring is 1. The molecule has 2 rings (SSSR count). The van der Waals surface area contributed by atoms with Gasteiger partial charge in [-0.05, 0) is 60.7 Å². The van der Waals surface area contributed by atoms with Gasteiger partial charge in [0.05, 0.1) is 0 Å². The number of amides is 1. The largest absolute Gasteiger partial charge is 0.398 e. The first-order valence-corrected chi connectivity index (χ1v) is 8.57. The Morgan fingerprint density at radius 3 is 2.25 bits per heavy atom. The molecule has 6 N–H and O–H groups in total. The van der Waals surface area contributed by atoms with Gasteiger partial charge in [-0.15, -0.1) is 0 Å². The lowest BCUT2D eigenvalue weighted by Crippen LogP contribution is -2.46. The molecule has 0 saturated carbocycles. The maximum Gasteiger partial charge on any atom is 0.251 e. The van der Waals surface area contributed by atoms with Gasteiger partial charge in [-0.25, -0.2) is 0 Å². The summed E-state index contributed by atoms with van der Waals surface area (Å²) in [6.07, 6.45) is 0. The van der Waals surface area contributed by atoms with E-state index in [0.717, 1.165) is 11.1 Å². The van der Waals surface area contributed by atoms with Gasteiger partial charge in [0.1, 0.15) is 12.6 Å². The first-order chi connectivity index (χ1) is 13.4. The summed E-state index contributed by atoms with van der Waals surface area (Å²) in [6, 6.07) is 11.2. The van der Waals surface area contributed by atoms with Gasteiger partial charge in [0.25, 0.3) is 5.91 Å². The van der Waals surface area contributed by atoms with Crippen molar-refractivity contribution in [3.63, 3.8) is 0 Å². The monoisotopic (exact) mass is 375 g/mol. The molecule has 2 aromatic rings. The Hall–Kier alpha value is -3.58. The standard InChI is InChI=1S/C22H21N3O3/c1-15-6-7-17(12-19(15)24)5-3-2-4-16-8-10-18(11-9-16)22(28)25-20(13-23)21(27)14-26/h6-12,20,26H,13-14,23-24H2,1H3,(H,25,28)/t20-/m0/s1. The molecule has 2 aromatic carbocycles. The van der Waals surface area contributed by atoms with Gasteiger partial charge in [-0.1, -0.05) is 17.9 Å². The first kappa shape index (κ1) is 20.7. The number of hydrogen-bond donors (Lipinski definition) is 4. The molecular formula is C22H21N3O3. The zero-order chi connectivity index (χ0) is 20.5. The first-order valence-electron chi connectivity index (χ1n) is 8.57. The lowest BCUT2D eigenvalue weighted by molar-refractivity contribution is -0.123. The predicted octanol–water partition coefficient (Wildman–Crippen LogP) is 0.599. The summed E-state index contributed by atoms with van der Waals surface area (Å²) in [5.74, 6) is 10.4. The van der Waals surface area contributed by atoms with Gasteiger partial charge in [0, 0.05) is 28.9 Å². The lowest BCUT2D eigenvalue weighted by atomic mass is 10.1. The van der Waals surface area contributed by atoms with Crippen LogP contribution in [0, 0.1) is 30.6 Å². The maximum absolute atomic E-state index is 12.1. The summed E-state index contributed by atoms with van der Waals surface area (Å²) in [5.41, 5.74) is 14.8. The lowest BCUT2D eigenvalue weighted by Gasteiger charge is -2.14. The number of ketones is 1. The number of benzene rings is 2. The fourth-order valence-corrected chi connectivity index (χ4v) is 2.25. The van der Waals surface area contributed by atoms with Gasteiger partial charge in [0.2, 0.25) is 0 Å². The van der Waals surface area contributed by atoms with E-state index in [2.05, 4.69) is 29.0 Å². The molecule has 0 aromatic heterocycles. The Bertz CT molecular complexity index is 990. The summed E-state index contributed by atoms with van der Waals surface area (Å²) in [5, 5.41) is 11.4. The number of Topliss-reactive ketones (excluding diaryl/α,β-unsaturated/α-hetero) is 1. The Balaban J connectivity index is 2.03. The third kappa shape index (κ3) is 5.72. The molecule has 0 fully saturated rings. The Kier molecular flexibility index (Phi) is 7.36. The van der Waals surface area contributed by atoms with Gasteiger partial charge < -0.3 is 21.9 Å². The van der Waals surface area contributed by atoms with Crippen LogP contribution in [0.25, 0.3) is 0 Å². The summed E-state index contributed by atoms with van der Waals surface area (Å²) in [7, 11) is 0. The van der Waals surface area contributed by atoms with Crippen LogP contribution < -0.4 is 16.8 Å². The van der Waals surface area contributed by atoms with Crippen LogP contribution >= 0.6 is 0 Å². The van der Waals surface area contributed by atoms with Crippen molar-refractivity contribution in [1.29, 1.82) is 0 Å². The van der Waals surface area contributed by atoms with E-state index in [-0.39, 0.29) is 6.54 Å². The number of hydrogen-bond acceptors (Lipinski definition) is 5. The number of rotatable bonds is 5. The number of carbonyl (C=O) groups excluding carboxylic acids is 2. The van der Waals surface area contributed by atoms with Crippen LogP contribution in [0.4, 0.5) is 5.69 Å². The van der Waals surface area contributed by atoms with E-state index in [1.54, 1.807) is 30.3 Å². The minimum Gasteiger partial charge on any atom is -0.398 e. The van der Waals surface area contributed by atoms with E-state index in [1.165, 1.54) is 0 Å². The molecule has 0 aliphatic heterocycles. The van der Waals surface area contributed by atoms with Crippen molar-refractivity contribution in [2.45, 2.75) is 13.0 Å². The second-order valence-corrected chi connectivity index (χ2v) is 6.03. The number of nitrogens with two attached hydrogens (primary N) is 2. The molecule has 142 valence electrons. The van der Waals surface area contributed by atoms with Crippen LogP contribution in [0.2, 0.25) is 0 Å². The average Bonchev–Trinajstić information content (AvgIpc) is 2.71. The summed E-state index contributed by atoms with van der Waals surface area (Å²) >= 11 is 0. The number of aryl methyl sites for hydroxylation is 1. The van der Waals surface area contributed by atoms with Crippen molar-refractivity contribution in [2.24, 2.45) is 5.73 Å². The molecule has 1 atom stereocenters. The average molecular weight is 375 g/mol. The second kappa shape index (κ2) is 9.94. The van der Waals surface area contributed by atoms with Crippen LogP contribution in [0.1, 0.15) is 27.0 Å². The fourth-order valence-electron chi connectivity index (χ4n) is 2.25. The summed E-state index contributed by atoms with van der Waals surface area (Å²) in [6.45, 7) is 1.17. The van der Waals surface area contributed by atoms with E-state index in [4.69, 9.17) is 16.6 Å². The number of anilines is 1. The number of nitrogens with one attached hydrogen (secondary N) is 1. The van der Waals surface area contributed by atoms with Crippen molar-refractivity contribution in [3.05, 3.63) is 64.7 Å². The fraction of sp³-hybridized carbons (Fsp3) is 0.182. The molecular weight excluding hydrogens is 354 g/mol. The molecule has 1 amide bonds. The van der Waals surface area contributed by atoms with Crippen LogP contribution in [-0.2, 0) is 4.79 Å². The summed E-state index contributed by atoms with van der Waals surface area (Å²) in [4.78, 5) is 23.6. The van der Waals surface area contributed by atoms with Gasteiger partial charge >= 0.3 is 0 Å². The Labute approximate surface area is 163 Å². The maximum atomic E-state index is 12.1. The SMILES string of the molecule is Cc1ccc(C#CC#Cc2ccc(C(=O)N[C@@H](CN)C(=O)CO)cc2)cc1N. The van der Waals surface area contributed by atoms with Crippen LogP contribution in [0.5, 0.6) is 0 Å². The second-order valence-electron chi connectivity index (χ2n) is 6.03. The van der Waals surface area contributed by atoms with E-state index in [0.29, 0.717) is 16.8 Å². The number of aliphatic hydroxyl groups is 1. The minimum atomic E-state index is -0.914. The van der Waals surface area contributed by atoms with Gasteiger partial charge in [-0.2, -0.15) is 0 Å². The summed E-state index contributed by atoms with van der Waals surface area (Å²) < 4.78 is 0. The van der Waals surface area contributed by atoms with Crippen molar-refractivity contribution in [3.8, 4) is 23.7 Å². The molecule has 28 heavy (non-hydrogen) atoms. The molecule has 0 aliphatic carbocycles. The highest BCUT2D eigenvalue weighted by Crippen LogP contribution is 2.11. The molecule has 0 unspecified atom stereocenters. The predicted molar refractivity (Wildman–Crippen MR) is 108 cm³/mol.